The van der Waals surface area contributed by atoms with Crippen molar-refractivity contribution >= 4 is 22.6 Å². The van der Waals surface area contributed by atoms with Crippen molar-refractivity contribution in [1.82, 2.24) is 9.55 Å². The van der Waals surface area contributed by atoms with E-state index < -0.39 is 0 Å². The number of nitrogens with one attached hydrogen (secondary N) is 1. The maximum absolute atomic E-state index is 12.5. The second-order valence-corrected chi connectivity index (χ2v) is 9.37. The summed E-state index contributed by atoms with van der Waals surface area (Å²) in [6.45, 7) is 2.12. The fraction of sp³-hybridized carbons (Fsp3) is 0.591. The van der Waals surface area contributed by atoms with Crippen molar-refractivity contribution in [3.63, 3.8) is 0 Å². The molecule has 2 aromatic rings. The van der Waals surface area contributed by atoms with Gasteiger partial charge in [-0.3, -0.25) is 9.36 Å². The Morgan fingerprint density at radius 1 is 1.19 bits per heavy atom. The molecule has 1 N–H and O–H groups in total. The average Bonchev–Trinajstić information content (AvgIpc) is 2.62. The zero-order valence-electron chi connectivity index (χ0n) is 16.2. The second-order valence-electron chi connectivity index (χ2n) is 9.37. The summed E-state index contributed by atoms with van der Waals surface area (Å²) in [6.07, 6.45) is 9.64. The molecule has 142 valence electrons. The van der Waals surface area contributed by atoms with E-state index in [9.17, 15) is 4.79 Å². The van der Waals surface area contributed by atoms with Gasteiger partial charge in [0.05, 0.1) is 10.9 Å². The number of rotatable bonds is 4. The molecule has 5 heteroatoms. The number of fused-ring (bicyclic) bond motifs is 1. The SMILES string of the molecule is CC(CC12CC3CC(CC(C3)C1)C2)=NNc1nc2ccccc2c(=O)n1C. The Morgan fingerprint density at radius 3 is 2.48 bits per heavy atom. The summed E-state index contributed by atoms with van der Waals surface area (Å²) in [5.41, 5.74) is 5.33. The number of hydrogen-bond acceptors (Lipinski definition) is 4. The van der Waals surface area contributed by atoms with Crippen molar-refractivity contribution in [3.05, 3.63) is 34.6 Å². The first-order valence-corrected chi connectivity index (χ1v) is 10.3. The van der Waals surface area contributed by atoms with Gasteiger partial charge in [0.1, 0.15) is 0 Å². The number of anilines is 1. The van der Waals surface area contributed by atoms with E-state index in [0.717, 1.165) is 29.9 Å². The molecule has 4 aliphatic rings. The number of benzene rings is 1. The molecule has 0 spiro atoms. The van der Waals surface area contributed by atoms with E-state index in [2.05, 4.69) is 22.4 Å². The normalized spacial score (nSPS) is 32.2. The molecule has 0 aliphatic heterocycles. The first-order valence-electron chi connectivity index (χ1n) is 10.3. The fourth-order valence-corrected chi connectivity index (χ4v) is 6.55. The van der Waals surface area contributed by atoms with Crippen molar-refractivity contribution in [2.24, 2.45) is 35.3 Å². The molecule has 0 atom stereocenters. The Morgan fingerprint density at radius 2 is 1.81 bits per heavy atom. The summed E-state index contributed by atoms with van der Waals surface area (Å²) < 4.78 is 1.55. The largest absolute Gasteiger partial charge is 0.280 e. The molecule has 1 aromatic carbocycles. The predicted octanol–water partition coefficient (Wildman–Crippen LogP) is 4.33. The monoisotopic (exact) mass is 364 g/mol. The molecule has 4 fully saturated rings. The Kier molecular flexibility index (Phi) is 3.88. The highest BCUT2D eigenvalue weighted by Crippen LogP contribution is 2.61. The number of para-hydroxylation sites is 1. The van der Waals surface area contributed by atoms with Crippen molar-refractivity contribution in [3.8, 4) is 0 Å². The lowest BCUT2D eigenvalue weighted by molar-refractivity contribution is -0.0482. The topological polar surface area (TPSA) is 59.3 Å². The van der Waals surface area contributed by atoms with Gasteiger partial charge >= 0.3 is 0 Å². The first kappa shape index (κ1) is 17.0. The van der Waals surface area contributed by atoms with E-state index in [4.69, 9.17) is 0 Å². The third-order valence-corrected chi connectivity index (χ3v) is 7.13. The Bertz CT molecular complexity index is 939. The van der Waals surface area contributed by atoms with Crippen LogP contribution in [0.2, 0.25) is 0 Å². The molecule has 1 aromatic heterocycles. The van der Waals surface area contributed by atoms with Crippen molar-refractivity contribution in [2.75, 3.05) is 5.43 Å². The number of hydrazone groups is 1. The van der Waals surface area contributed by atoms with Gasteiger partial charge in [0.15, 0.2) is 0 Å². The van der Waals surface area contributed by atoms with E-state index in [1.54, 1.807) is 11.6 Å². The van der Waals surface area contributed by atoms with E-state index in [-0.39, 0.29) is 5.56 Å². The number of nitrogens with zero attached hydrogens (tertiary/aromatic N) is 3. The molecule has 0 amide bonds. The highest BCUT2D eigenvalue weighted by Gasteiger charge is 2.50. The third kappa shape index (κ3) is 2.97. The fourth-order valence-electron chi connectivity index (χ4n) is 6.55. The Balaban J connectivity index is 1.36. The number of hydrogen-bond donors (Lipinski definition) is 1. The van der Waals surface area contributed by atoms with Gasteiger partial charge in [-0.25, -0.2) is 10.4 Å². The minimum Gasteiger partial charge on any atom is -0.280 e. The highest BCUT2D eigenvalue weighted by molar-refractivity contribution is 5.83. The summed E-state index contributed by atoms with van der Waals surface area (Å²) in [5, 5.41) is 5.26. The van der Waals surface area contributed by atoms with Crippen molar-refractivity contribution in [2.45, 2.75) is 51.9 Å². The van der Waals surface area contributed by atoms with Crippen LogP contribution in [0.1, 0.15) is 51.9 Å². The summed E-state index contributed by atoms with van der Waals surface area (Å²) in [6, 6.07) is 7.45. The van der Waals surface area contributed by atoms with Crippen LogP contribution in [-0.2, 0) is 7.05 Å². The summed E-state index contributed by atoms with van der Waals surface area (Å²) in [4.78, 5) is 17.1. The zero-order valence-corrected chi connectivity index (χ0v) is 16.2. The number of aromatic nitrogens is 2. The van der Waals surface area contributed by atoms with Gasteiger partial charge in [0.25, 0.3) is 5.56 Å². The predicted molar refractivity (Wildman–Crippen MR) is 109 cm³/mol. The molecule has 4 saturated carbocycles. The van der Waals surface area contributed by atoms with Gasteiger partial charge in [0.2, 0.25) is 5.95 Å². The van der Waals surface area contributed by atoms with Crippen LogP contribution in [0.25, 0.3) is 10.9 Å². The van der Waals surface area contributed by atoms with Gasteiger partial charge in [-0.15, -0.1) is 0 Å². The molecular formula is C22H28N4O. The van der Waals surface area contributed by atoms with E-state index in [0.29, 0.717) is 22.3 Å². The van der Waals surface area contributed by atoms with Crippen LogP contribution >= 0.6 is 0 Å². The molecular weight excluding hydrogens is 336 g/mol. The van der Waals surface area contributed by atoms with E-state index in [1.165, 1.54) is 38.5 Å². The second kappa shape index (κ2) is 6.18. The Hall–Kier alpha value is -2.17. The van der Waals surface area contributed by atoms with Crippen LogP contribution in [0.3, 0.4) is 0 Å². The van der Waals surface area contributed by atoms with E-state index in [1.807, 2.05) is 24.3 Å². The van der Waals surface area contributed by atoms with Gasteiger partial charge < -0.3 is 0 Å². The minimum absolute atomic E-state index is 0.0444. The van der Waals surface area contributed by atoms with Crippen LogP contribution in [0.15, 0.2) is 34.2 Å². The molecule has 27 heavy (non-hydrogen) atoms. The van der Waals surface area contributed by atoms with Crippen LogP contribution in [0.4, 0.5) is 5.95 Å². The lowest BCUT2D eigenvalue weighted by Crippen LogP contribution is -2.46. The molecule has 0 saturated heterocycles. The molecule has 4 bridgehead atoms. The molecule has 6 rings (SSSR count). The Labute approximate surface area is 159 Å². The van der Waals surface area contributed by atoms with E-state index >= 15 is 0 Å². The van der Waals surface area contributed by atoms with Crippen LogP contribution in [0.5, 0.6) is 0 Å². The standard InChI is InChI=1S/C22H28N4O/c1-14(10-22-11-15-7-16(12-22)9-17(8-15)13-22)24-25-21-23-19-6-4-3-5-18(19)20(27)26(21)2/h3-6,15-17H,7-13H2,1-2H3,(H,23,25). The summed E-state index contributed by atoms with van der Waals surface area (Å²) in [7, 11) is 1.74. The third-order valence-electron chi connectivity index (χ3n) is 7.13. The van der Waals surface area contributed by atoms with Crippen LogP contribution in [-0.4, -0.2) is 15.3 Å². The summed E-state index contributed by atoms with van der Waals surface area (Å²) >= 11 is 0. The van der Waals surface area contributed by atoms with Crippen LogP contribution in [0, 0.1) is 23.2 Å². The van der Waals surface area contributed by atoms with Crippen molar-refractivity contribution in [1.29, 1.82) is 0 Å². The molecule has 1 heterocycles. The zero-order chi connectivity index (χ0) is 18.6. The maximum Gasteiger partial charge on any atom is 0.262 e. The van der Waals surface area contributed by atoms with Gasteiger partial charge in [-0.05, 0) is 87.2 Å². The molecule has 4 aliphatic carbocycles. The average molecular weight is 364 g/mol. The first-order chi connectivity index (χ1) is 13.0. The van der Waals surface area contributed by atoms with Crippen molar-refractivity contribution < 1.29 is 0 Å². The molecule has 5 nitrogen and oxygen atoms in total. The van der Waals surface area contributed by atoms with Gasteiger partial charge in [-0.2, -0.15) is 5.10 Å². The summed E-state index contributed by atoms with van der Waals surface area (Å²) in [5.74, 6) is 3.38. The molecule has 0 radical (unpaired) electrons. The minimum atomic E-state index is -0.0444. The lowest BCUT2D eigenvalue weighted by Gasteiger charge is -2.57. The quantitative estimate of drug-likeness (QED) is 0.649. The van der Waals surface area contributed by atoms with Gasteiger partial charge in [-0.1, -0.05) is 12.1 Å². The van der Waals surface area contributed by atoms with Gasteiger partial charge in [0, 0.05) is 12.8 Å². The highest BCUT2D eigenvalue weighted by atomic mass is 16.1. The maximum atomic E-state index is 12.5. The van der Waals surface area contributed by atoms with Crippen LogP contribution < -0.4 is 11.0 Å². The smallest absolute Gasteiger partial charge is 0.262 e. The molecule has 0 unspecified atom stereocenters. The lowest BCUT2D eigenvalue weighted by atomic mass is 9.48.